The van der Waals surface area contributed by atoms with Crippen LogP contribution >= 0.6 is 11.6 Å². The summed E-state index contributed by atoms with van der Waals surface area (Å²) in [5.41, 5.74) is 11.1. The Hall–Kier alpha value is -1.45. The van der Waals surface area contributed by atoms with E-state index in [2.05, 4.69) is 19.1 Å². The largest absolute Gasteiger partial charge is 0.330 e. The summed E-state index contributed by atoms with van der Waals surface area (Å²) in [7, 11) is 0. The quantitative estimate of drug-likeness (QED) is 0.734. The molecular formula is C23H30ClN3. The van der Waals surface area contributed by atoms with E-state index in [1.54, 1.807) is 0 Å². The number of nitrogens with two attached hydrogens (primary N) is 1. The van der Waals surface area contributed by atoms with Crippen LogP contribution in [0.25, 0.3) is 0 Å². The zero-order valence-corrected chi connectivity index (χ0v) is 17.2. The number of hydrogen-bond acceptors (Lipinski definition) is 3. The van der Waals surface area contributed by atoms with Crippen molar-refractivity contribution in [3.05, 3.63) is 57.6 Å². The fourth-order valence-corrected chi connectivity index (χ4v) is 4.94. The van der Waals surface area contributed by atoms with Crippen LogP contribution in [0.3, 0.4) is 0 Å². The summed E-state index contributed by atoms with van der Waals surface area (Å²) < 4.78 is 0. The third-order valence-corrected chi connectivity index (χ3v) is 6.73. The second-order valence-corrected chi connectivity index (χ2v) is 9.07. The van der Waals surface area contributed by atoms with E-state index >= 15 is 0 Å². The molecule has 2 aliphatic carbocycles. The van der Waals surface area contributed by atoms with Crippen LogP contribution in [0.4, 0.5) is 0 Å². The smallest absolute Gasteiger partial charge is 0.125 e. The lowest BCUT2D eigenvalue weighted by atomic mass is 9.69. The molecule has 0 spiro atoms. The molecule has 4 heteroatoms. The van der Waals surface area contributed by atoms with Gasteiger partial charge in [-0.1, -0.05) is 36.6 Å². The second kappa shape index (κ2) is 7.52. The molecule has 0 amide bonds. The Bertz CT molecular complexity index is 813. The standard InChI is InChI=1S/C23H30ClN3/c1-15-26-21(17(11-13-25)14-16-5-6-16)20-4-3-12-23(2,22(20)27-15)18-7-9-19(24)10-8-18/h7-10,16-17H,3-6,11-14,25H2,1-2H3. The maximum Gasteiger partial charge on any atom is 0.125 e. The highest BCUT2D eigenvalue weighted by molar-refractivity contribution is 6.30. The maximum absolute atomic E-state index is 6.14. The van der Waals surface area contributed by atoms with Crippen molar-refractivity contribution in [2.75, 3.05) is 6.54 Å². The summed E-state index contributed by atoms with van der Waals surface area (Å²) in [5.74, 6) is 2.24. The predicted octanol–water partition coefficient (Wildman–Crippen LogP) is 5.31. The lowest BCUT2D eigenvalue weighted by Crippen LogP contribution is -2.32. The first kappa shape index (κ1) is 18.9. The Labute approximate surface area is 167 Å². The number of rotatable bonds is 6. The third kappa shape index (κ3) is 3.77. The fraction of sp³-hybridized carbons (Fsp3) is 0.565. The number of hydrogen-bond donors (Lipinski definition) is 1. The van der Waals surface area contributed by atoms with Crippen molar-refractivity contribution in [3.63, 3.8) is 0 Å². The molecule has 27 heavy (non-hydrogen) atoms. The Balaban J connectivity index is 1.80. The average molecular weight is 384 g/mol. The van der Waals surface area contributed by atoms with Gasteiger partial charge in [0.25, 0.3) is 0 Å². The molecule has 0 saturated heterocycles. The number of aromatic nitrogens is 2. The fourth-order valence-electron chi connectivity index (χ4n) is 4.82. The molecule has 2 atom stereocenters. The monoisotopic (exact) mass is 383 g/mol. The van der Waals surface area contributed by atoms with Gasteiger partial charge in [-0.3, -0.25) is 0 Å². The SMILES string of the molecule is Cc1nc(C(CCN)CC2CC2)c2c(n1)C(C)(c1ccc(Cl)cc1)CCC2. The van der Waals surface area contributed by atoms with Crippen LogP contribution < -0.4 is 5.73 Å². The third-order valence-electron chi connectivity index (χ3n) is 6.48. The van der Waals surface area contributed by atoms with Crippen LogP contribution in [0.15, 0.2) is 24.3 Å². The van der Waals surface area contributed by atoms with Crippen LogP contribution in [0.5, 0.6) is 0 Å². The van der Waals surface area contributed by atoms with Crippen LogP contribution in [0, 0.1) is 12.8 Å². The van der Waals surface area contributed by atoms with Crippen LogP contribution in [0.2, 0.25) is 5.02 Å². The van der Waals surface area contributed by atoms with Gasteiger partial charge in [0, 0.05) is 16.4 Å². The van der Waals surface area contributed by atoms with E-state index in [1.165, 1.54) is 48.2 Å². The maximum atomic E-state index is 6.14. The molecule has 2 N–H and O–H groups in total. The first-order valence-electron chi connectivity index (χ1n) is 10.4. The van der Waals surface area contributed by atoms with Gasteiger partial charge in [-0.25, -0.2) is 9.97 Å². The number of halogens is 1. The van der Waals surface area contributed by atoms with E-state index in [0.717, 1.165) is 42.6 Å². The van der Waals surface area contributed by atoms with Crippen molar-refractivity contribution >= 4 is 11.6 Å². The summed E-state index contributed by atoms with van der Waals surface area (Å²) in [5, 5.41) is 0.783. The van der Waals surface area contributed by atoms with Crippen molar-refractivity contribution in [2.45, 2.75) is 70.1 Å². The lowest BCUT2D eigenvalue weighted by molar-refractivity contribution is 0.435. The second-order valence-electron chi connectivity index (χ2n) is 8.63. The number of fused-ring (bicyclic) bond motifs is 1. The highest BCUT2D eigenvalue weighted by atomic mass is 35.5. The van der Waals surface area contributed by atoms with Gasteiger partial charge in [0.1, 0.15) is 5.82 Å². The van der Waals surface area contributed by atoms with Crippen LogP contribution in [-0.4, -0.2) is 16.5 Å². The zero-order chi connectivity index (χ0) is 19.0. The molecule has 3 nitrogen and oxygen atoms in total. The molecule has 1 fully saturated rings. The van der Waals surface area contributed by atoms with E-state index in [1.807, 2.05) is 19.1 Å². The first-order valence-corrected chi connectivity index (χ1v) is 10.7. The molecule has 2 aliphatic rings. The Morgan fingerprint density at radius 2 is 1.96 bits per heavy atom. The minimum Gasteiger partial charge on any atom is -0.330 e. The van der Waals surface area contributed by atoms with Gasteiger partial charge in [-0.15, -0.1) is 0 Å². The molecule has 2 aromatic rings. The molecule has 144 valence electrons. The topological polar surface area (TPSA) is 51.8 Å². The number of aryl methyl sites for hydroxylation is 1. The number of benzene rings is 1. The zero-order valence-electron chi connectivity index (χ0n) is 16.5. The van der Waals surface area contributed by atoms with E-state index in [9.17, 15) is 0 Å². The molecule has 2 unspecified atom stereocenters. The molecular weight excluding hydrogens is 354 g/mol. The Morgan fingerprint density at radius 3 is 2.63 bits per heavy atom. The summed E-state index contributed by atoms with van der Waals surface area (Å²) in [6.07, 6.45) is 8.37. The minimum absolute atomic E-state index is 0.0759. The Kier molecular flexibility index (Phi) is 5.26. The van der Waals surface area contributed by atoms with E-state index in [4.69, 9.17) is 27.3 Å². The van der Waals surface area contributed by atoms with Crippen molar-refractivity contribution in [2.24, 2.45) is 11.7 Å². The molecule has 0 aliphatic heterocycles. The van der Waals surface area contributed by atoms with Gasteiger partial charge in [0.15, 0.2) is 0 Å². The van der Waals surface area contributed by atoms with Crippen molar-refractivity contribution < 1.29 is 0 Å². The van der Waals surface area contributed by atoms with Gasteiger partial charge < -0.3 is 5.73 Å². The van der Waals surface area contributed by atoms with Crippen LogP contribution in [-0.2, 0) is 11.8 Å². The van der Waals surface area contributed by atoms with E-state index < -0.39 is 0 Å². The molecule has 0 radical (unpaired) electrons. The Morgan fingerprint density at radius 1 is 1.22 bits per heavy atom. The van der Waals surface area contributed by atoms with Gasteiger partial charge in [-0.05, 0) is 81.7 Å². The molecule has 1 saturated carbocycles. The first-order chi connectivity index (χ1) is 13.0. The lowest BCUT2D eigenvalue weighted by Gasteiger charge is -2.37. The highest BCUT2D eigenvalue weighted by Crippen LogP contribution is 2.46. The van der Waals surface area contributed by atoms with Gasteiger partial charge in [0.05, 0.1) is 11.4 Å². The minimum atomic E-state index is -0.0759. The van der Waals surface area contributed by atoms with Gasteiger partial charge >= 0.3 is 0 Å². The summed E-state index contributed by atoms with van der Waals surface area (Å²) >= 11 is 6.14. The average Bonchev–Trinajstić information content (AvgIpc) is 3.46. The van der Waals surface area contributed by atoms with Crippen molar-refractivity contribution in [1.29, 1.82) is 0 Å². The highest BCUT2D eigenvalue weighted by Gasteiger charge is 2.38. The molecule has 1 aromatic carbocycles. The molecule has 1 aromatic heterocycles. The molecule has 0 bridgehead atoms. The van der Waals surface area contributed by atoms with Gasteiger partial charge in [-0.2, -0.15) is 0 Å². The normalized spacial score (nSPS) is 23.1. The summed E-state index contributed by atoms with van der Waals surface area (Å²) in [4.78, 5) is 9.96. The van der Waals surface area contributed by atoms with Gasteiger partial charge in [0.2, 0.25) is 0 Å². The molecule has 4 rings (SSSR count). The number of nitrogens with zero attached hydrogens (tertiary/aromatic N) is 2. The molecule has 1 heterocycles. The summed E-state index contributed by atoms with van der Waals surface area (Å²) in [6, 6.07) is 8.32. The van der Waals surface area contributed by atoms with E-state index in [0.29, 0.717) is 5.92 Å². The van der Waals surface area contributed by atoms with Crippen molar-refractivity contribution in [1.82, 2.24) is 9.97 Å². The van der Waals surface area contributed by atoms with Crippen LogP contribution in [0.1, 0.15) is 79.7 Å². The van der Waals surface area contributed by atoms with E-state index in [-0.39, 0.29) is 5.41 Å². The van der Waals surface area contributed by atoms with Crippen molar-refractivity contribution in [3.8, 4) is 0 Å². The summed E-state index contributed by atoms with van der Waals surface area (Å²) in [6.45, 7) is 5.10. The predicted molar refractivity (Wildman–Crippen MR) is 111 cm³/mol.